The van der Waals surface area contributed by atoms with Crippen molar-refractivity contribution >= 4 is 0 Å². The van der Waals surface area contributed by atoms with Crippen LogP contribution in [0.4, 0.5) is 0 Å². The summed E-state index contributed by atoms with van der Waals surface area (Å²) in [7, 11) is 0. The monoisotopic (exact) mass is 184 g/mol. The minimum atomic E-state index is 0.393. The second-order valence-electron chi connectivity index (χ2n) is 4.67. The maximum Gasteiger partial charge on any atom is 0.0892 e. The number of hydrogen-bond acceptors (Lipinski definition) is 2. The lowest BCUT2D eigenvalue weighted by Crippen LogP contribution is -2.28. The van der Waals surface area contributed by atoms with Gasteiger partial charge in [0.25, 0.3) is 0 Å². The van der Waals surface area contributed by atoms with Gasteiger partial charge in [-0.25, -0.2) is 0 Å². The molecule has 2 heterocycles. The molecular weight excluding hydrogens is 164 g/mol. The van der Waals surface area contributed by atoms with Crippen LogP contribution in [0, 0.1) is 17.8 Å². The summed E-state index contributed by atoms with van der Waals surface area (Å²) in [5, 5.41) is 0. The number of fused-ring (bicyclic) bond motifs is 1. The minimum Gasteiger partial charge on any atom is -0.375 e. The van der Waals surface area contributed by atoms with Crippen molar-refractivity contribution in [2.75, 3.05) is 13.2 Å². The summed E-state index contributed by atoms with van der Waals surface area (Å²) in [4.78, 5) is 0. The molecule has 0 aliphatic carbocycles. The third-order valence-corrected chi connectivity index (χ3v) is 3.57. The van der Waals surface area contributed by atoms with Crippen LogP contribution in [-0.2, 0) is 9.47 Å². The fourth-order valence-corrected chi connectivity index (χ4v) is 2.53. The molecule has 2 aliphatic rings. The molecular formula is C11H20O2. The van der Waals surface area contributed by atoms with Crippen LogP contribution in [0.1, 0.15) is 27.2 Å². The lowest BCUT2D eigenvalue weighted by Gasteiger charge is -2.19. The van der Waals surface area contributed by atoms with Crippen molar-refractivity contribution in [1.82, 2.24) is 0 Å². The first-order valence-electron chi connectivity index (χ1n) is 5.47. The molecule has 76 valence electrons. The molecule has 0 aromatic carbocycles. The van der Waals surface area contributed by atoms with Gasteiger partial charge in [-0.15, -0.1) is 0 Å². The van der Waals surface area contributed by atoms with E-state index in [0.29, 0.717) is 30.0 Å². The highest BCUT2D eigenvalue weighted by Gasteiger charge is 2.47. The summed E-state index contributed by atoms with van der Waals surface area (Å²) in [5.74, 6) is 1.96. The van der Waals surface area contributed by atoms with Gasteiger partial charge in [0, 0.05) is 11.8 Å². The van der Waals surface area contributed by atoms with Crippen LogP contribution in [0.5, 0.6) is 0 Å². The van der Waals surface area contributed by atoms with Crippen LogP contribution in [0.2, 0.25) is 0 Å². The Hall–Kier alpha value is -0.0800. The maximum absolute atomic E-state index is 5.83. The van der Waals surface area contributed by atoms with Crippen LogP contribution in [0.3, 0.4) is 0 Å². The van der Waals surface area contributed by atoms with Crippen molar-refractivity contribution in [2.24, 2.45) is 17.8 Å². The first-order chi connectivity index (χ1) is 6.24. The Bertz CT molecular complexity index is 179. The maximum atomic E-state index is 5.83. The average molecular weight is 184 g/mol. The summed E-state index contributed by atoms with van der Waals surface area (Å²) >= 11 is 0. The summed E-state index contributed by atoms with van der Waals surface area (Å²) in [6.07, 6.45) is 1.98. The summed E-state index contributed by atoms with van der Waals surface area (Å²) < 4.78 is 11.7. The van der Waals surface area contributed by atoms with Gasteiger partial charge >= 0.3 is 0 Å². The van der Waals surface area contributed by atoms with Gasteiger partial charge in [-0.3, -0.25) is 0 Å². The van der Waals surface area contributed by atoms with Gasteiger partial charge in [0.15, 0.2) is 0 Å². The van der Waals surface area contributed by atoms with E-state index in [2.05, 4.69) is 20.8 Å². The Morgan fingerprint density at radius 3 is 2.46 bits per heavy atom. The standard InChI is InChI=1S/C11H20O2/c1-4-8-5-12-11-9(7(2)3)6-13-10(8)11/h7-11H,4-6H2,1-3H3. The van der Waals surface area contributed by atoms with E-state index in [1.54, 1.807) is 0 Å². The smallest absolute Gasteiger partial charge is 0.0892 e. The Balaban J connectivity index is 2.03. The van der Waals surface area contributed by atoms with Crippen molar-refractivity contribution in [3.63, 3.8) is 0 Å². The predicted octanol–water partition coefficient (Wildman–Crippen LogP) is 2.08. The van der Waals surface area contributed by atoms with Crippen LogP contribution < -0.4 is 0 Å². The summed E-state index contributed by atoms with van der Waals surface area (Å²) in [6.45, 7) is 8.57. The zero-order valence-corrected chi connectivity index (χ0v) is 8.82. The fraction of sp³-hybridized carbons (Fsp3) is 1.00. The van der Waals surface area contributed by atoms with Gasteiger partial charge < -0.3 is 9.47 Å². The molecule has 4 atom stereocenters. The first kappa shape index (κ1) is 9.47. The van der Waals surface area contributed by atoms with E-state index < -0.39 is 0 Å². The number of rotatable bonds is 2. The van der Waals surface area contributed by atoms with Gasteiger partial charge in [-0.1, -0.05) is 20.8 Å². The molecule has 2 rings (SSSR count). The van der Waals surface area contributed by atoms with Gasteiger partial charge in [0.2, 0.25) is 0 Å². The van der Waals surface area contributed by atoms with Crippen molar-refractivity contribution in [2.45, 2.75) is 39.4 Å². The Morgan fingerprint density at radius 1 is 1.15 bits per heavy atom. The molecule has 2 nitrogen and oxygen atoms in total. The molecule has 0 radical (unpaired) electrons. The minimum absolute atomic E-state index is 0.393. The molecule has 2 saturated heterocycles. The van der Waals surface area contributed by atoms with Crippen LogP contribution in [0.25, 0.3) is 0 Å². The highest BCUT2D eigenvalue weighted by Crippen LogP contribution is 2.38. The Kier molecular flexibility index (Phi) is 2.61. The lowest BCUT2D eigenvalue weighted by atomic mass is 9.88. The second kappa shape index (κ2) is 3.58. The molecule has 0 aromatic rings. The van der Waals surface area contributed by atoms with Crippen molar-refractivity contribution in [1.29, 1.82) is 0 Å². The Labute approximate surface area is 80.6 Å². The molecule has 0 N–H and O–H groups in total. The van der Waals surface area contributed by atoms with E-state index >= 15 is 0 Å². The first-order valence-corrected chi connectivity index (χ1v) is 5.47. The topological polar surface area (TPSA) is 18.5 Å². The zero-order valence-electron chi connectivity index (χ0n) is 8.82. The van der Waals surface area contributed by atoms with Crippen molar-refractivity contribution in [3.8, 4) is 0 Å². The third kappa shape index (κ3) is 1.50. The van der Waals surface area contributed by atoms with Crippen LogP contribution in [0.15, 0.2) is 0 Å². The molecule has 0 saturated carbocycles. The van der Waals surface area contributed by atoms with Gasteiger partial charge in [0.05, 0.1) is 25.4 Å². The van der Waals surface area contributed by atoms with Crippen LogP contribution >= 0.6 is 0 Å². The molecule has 2 aliphatic heterocycles. The van der Waals surface area contributed by atoms with Gasteiger partial charge in [0.1, 0.15) is 0 Å². The number of hydrogen-bond donors (Lipinski definition) is 0. The average Bonchev–Trinajstić information content (AvgIpc) is 2.61. The molecule has 2 heteroatoms. The normalized spacial score (nSPS) is 44.3. The van der Waals surface area contributed by atoms with E-state index in [1.165, 1.54) is 6.42 Å². The highest BCUT2D eigenvalue weighted by atomic mass is 16.6. The van der Waals surface area contributed by atoms with Crippen molar-refractivity contribution < 1.29 is 9.47 Å². The van der Waals surface area contributed by atoms with E-state index in [4.69, 9.17) is 9.47 Å². The molecule has 0 spiro atoms. The largest absolute Gasteiger partial charge is 0.375 e. The fourth-order valence-electron chi connectivity index (χ4n) is 2.53. The van der Waals surface area contributed by atoms with Gasteiger partial charge in [-0.05, 0) is 12.3 Å². The second-order valence-corrected chi connectivity index (χ2v) is 4.67. The van der Waals surface area contributed by atoms with E-state index in [0.717, 1.165) is 13.2 Å². The zero-order chi connectivity index (χ0) is 9.42. The van der Waals surface area contributed by atoms with Crippen molar-refractivity contribution in [3.05, 3.63) is 0 Å². The van der Waals surface area contributed by atoms with E-state index in [1.807, 2.05) is 0 Å². The molecule has 0 amide bonds. The Morgan fingerprint density at radius 2 is 1.85 bits per heavy atom. The molecule has 0 aromatic heterocycles. The molecule has 13 heavy (non-hydrogen) atoms. The summed E-state index contributed by atoms with van der Waals surface area (Å²) in [5.41, 5.74) is 0. The predicted molar refractivity (Wildman–Crippen MR) is 51.6 cm³/mol. The third-order valence-electron chi connectivity index (χ3n) is 3.57. The van der Waals surface area contributed by atoms with E-state index in [-0.39, 0.29) is 0 Å². The molecule has 4 unspecified atom stereocenters. The van der Waals surface area contributed by atoms with Crippen LogP contribution in [-0.4, -0.2) is 25.4 Å². The van der Waals surface area contributed by atoms with Gasteiger partial charge in [-0.2, -0.15) is 0 Å². The summed E-state index contributed by atoms with van der Waals surface area (Å²) in [6, 6.07) is 0. The molecule has 0 bridgehead atoms. The highest BCUT2D eigenvalue weighted by molar-refractivity contribution is 4.94. The SMILES string of the molecule is CCC1COC2C(C(C)C)COC12. The lowest BCUT2D eigenvalue weighted by molar-refractivity contribution is 0.0548. The number of ether oxygens (including phenoxy) is 2. The van der Waals surface area contributed by atoms with E-state index in [9.17, 15) is 0 Å². The quantitative estimate of drug-likeness (QED) is 0.654. The molecule has 2 fully saturated rings.